The molecule has 0 spiro atoms. The SMILES string of the molecule is CON=C(C(=O)N[C@@H]1C(=O)N[C@@H]1C(=O)N(C)C)c1csc(NC(=O)CCl)n1. The number of anilines is 1. The van der Waals surface area contributed by atoms with Gasteiger partial charge in [-0.05, 0) is 0 Å². The van der Waals surface area contributed by atoms with Crippen LogP contribution in [0.5, 0.6) is 0 Å². The fraction of sp³-hybridized carbons (Fsp3) is 0.429. The monoisotopic (exact) mass is 416 g/mol. The van der Waals surface area contributed by atoms with Crippen LogP contribution in [0.25, 0.3) is 0 Å². The van der Waals surface area contributed by atoms with E-state index in [-0.39, 0.29) is 28.3 Å². The molecule has 1 aliphatic heterocycles. The van der Waals surface area contributed by atoms with Gasteiger partial charge in [0.05, 0.1) is 0 Å². The average Bonchev–Trinajstić information content (AvgIpc) is 3.08. The number of nitrogens with one attached hydrogen (secondary N) is 3. The van der Waals surface area contributed by atoms with E-state index in [1.165, 1.54) is 31.5 Å². The molecular formula is C14H17ClN6O5S. The highest BCUT2D eigenvalue weighted by Gasteiger charge is 2.46. The van der Waals surface area contributed by atoms with Crippen LogP contribution in [0.3, 0.4) is 0 Å². The van der Waals surface area contributed by atoms with E-state index in [9.17, 15) is 19.2 Å². The molecule has 4 amide bonds. The number of carbonyl (C=O) groups is 4. The summed E-state index contributed by atoms with van der Waals surface area (Å²) in [5, 5.41) is 12.6. The smallest absolute Gasteiger partial charge is 0.276 e. The fourth-order valence-electron chi connectivity index (χ4n) is 2.11. The molecule has 0 aromatic carbocycles. The van der Waals surface area contributed by atoms with Crippen LogP contribution in [0, 0.1) is 0 Å². The lowest BCUT2D eigenvalue weighted by molar-refractivity contribution is -0.145. The van der Waals surface area contributed by atoms with Crippen molar-refractivity contribution < 1.29 is 24.0 Å². The number of aromatic nitrogens is 1. The Balaban J connectivity index is 2.14. The van der Waals surface area contributed by atoms with E-state index in [2.05, 4.69) is 30.9 Å². The Morgan fingerprint density at radius 3 is 2.70 bits per heavy atom. The fourth-order valence-corrected chi connectivity index (χ4v) is 2.89. The van der Waals surface area contributed by atoms with Crippen molar-refractivity contribution in [1.29, 1.82) is 0 Å². The molecule has 13 heteroatoms. The number of hydrogen-bond acceptors (Lipinski definition) is 8. The van der Waals surface area contributed by atoms with Crippen LogP contribution in [-0.2, 0) is 24.0 Å². The van der Waals surface area contributed by atoms with Gasteiger partial charge in [0.2, 0.25) is 17.7 Å². The molecule has 0 radical (unpaired) electrons. The predicted octanol–water partition coefficient (Wildman–Crippen LogP) is -1.26. The molecule has 11 nitrogen and oxygen atoms in total. The van der Waals surface area contributed by atoms with E-state index in [4.69, 9.17) is 11.6 Å². The summed E-state index contributed by atoms with van der Waals surface area (Å²) in [6.45, 7) is 0. The first-order chi connectivity index (χ1) is 12.8. The third-order valence-electron chi connectivity index (χ3n) is 3.42. The molecule has 2 rings (SSSR count). The molecule has 1 saturated heterocycles. The van der Waals surface area contributed by atoms with Crippen molar-refractivity contribution in [3.05, 3.63) is 11.1 Å². The predicted molar refractivity (Wildman–Crippen MR) is 97.6 cm³/mol. The molecule has 1 fully saturated rings. The summed E-state index contributed by atoms with van der Waals surface area (Å²) in [7, 11) is 4.31. The molecule has 1 aromatic rings. The Labute approximate surface area is 163 Å². The summed E-state index contributed by atoms with van der Waals surface area (Å²) in [4.78, 5) is 57.6. The number of β-lactam (4-membered cyclic amide) rings is 1. The van der Waals surface area contributed by atoms with E-state index < -0.39 is 29.8 Å². The number of oxime groups is 1. The van der Waals surface area contributed by atoms with E-state index in [1.54, 1.807) is 0 Å². The summed E-state index contributed by atoms with van der Waals surface area (Å²) in [5.74, 6) is -2.30. The number of rotatable bonds is 7. The zero-order chi connectivity index (χ0) is 20.1. The van der Waals surface area contributed by atoms with Crippen molar-refractivity contribution >= 4 is 57.4 Å². The third-order valence-corrected chi connectivity index (χ3v) is 4.42. The van der Waals surface area contributed by atoms with Gasteiger partial charge in [-0.2, -0.15) is 0 Å². The molecule has 0 aliphatic carbocycles. The second-order valence-corrected chi connectivity index (χ2v) is 6.64. The number of alkyl halides is 1. The van der Waals surface area contributed by atoms with E-state index in [1.807, 2.05) is 0 Å². The van der Waals surface area contributed by atoms with Gasteiger partial charge < -0.3 is 25.7 Å². The number of carbonyl (C=O) groups excluding carboxylic acids is 4. The molecule has 2 heterocycles. The molecule has 1 aromatic heterocycles. The Morgan fingerprint density at radius 1 is 1.44 bits per heavy atom. The van der Waals surface area contributed by atoms with E-state index in [0.717, 1.165) is 11.3 Å². The first kappa shape index (κ1) is 20.6. The molecule has 0 saturated carbocycles. The molecule has 2 atom stereocenters. The van der Waals surface area contributed by atoms with Gasteiger partial charge in [0, 0.05) is 19.5 Å². The summed E-state index contributed by atoms with van der Waals surface area (Å²) >= 11 is 6.47. The zero-order valence-corrected chi connectivity index (χ0v) is 16.2. The zero-order valence-electron chi connectivity index (χ0n) is 14.6. The minimum atomic E-state index is -1.04. The van der Waals surface area contributed by atoms with Crippen LogP contribution in [0.2, 0.25) is 0 Å². The highest BCUT2D eigenvalue weighted by atomic mass is 35.5. The summed E-state index contributed by atoms with van der Waals surface area (Å²) < 4.78 is 0. The molecule has 0 bridgehead atoms. The molecule has 146 valence electrons. The van der Waals surface area contributed by atoms with Gasteiger partial charge in [-0.1, -0.05) is 5.16 Å². The largest absolute Gasteiger partial charge is 0.398 e. The van der Waals surface area contributed by atoms with Gasteiger partial charge in [0.15, 0.2) is 10.8 Å². The molecule has 1 aliphatic rings. The Hall–Kier alpha value is -2.73. The van der Waals surface area contributed by atoms with Crippen LogP contribution in [-0.4, -0.2) is 78.4 Å². The Kier molecular flexibility index (Phi) is 6.69. The maximum atomic E-state index is 12.5. The maximum Gasteiger partial charge on any atom is 0.276 e. The third kappa shape index (κ3) is 4.71. The Bertz CT molecular complexity index is 795. The lowest BCUT2D eigenvalue weighted by Gasteiger charge is -2.37. The van der Waals surface area contributed by atoms with Crippen molar-refractivity contribution in [2.75, 3.05) is 32.4 Å². The van der Waals surface area contributed by atoms with Gasteiger partial charge >= 0.3 is 0 Å². The van der Waals surface area contributed by atoms with Crippen molar-refractivity contribution in [3.8, 4) is 0 Å². The van der Waals surface area contributed by atoms with Crippen molar-refractivity contribution in [1.82, 2.24) is 20.5 Å². The second-order valence-electron chi connectivity index (χ2n) is 5.51. The highest BCUT2D eigenvalue weighted by Crippen LogP contribution is 2.17. The number of thiazole rings is 1. The van der Waals surface area contributed by atoms with Crippen LogP contribution in [0.1, 0.15) is 5.69 Å². The standard InChI is InChI=1S/C14H17ClN6O5S/c1-21(2)13(25)10-9(12(24)19-10)18-11(23)8(20-26-3)6-5-27-14(16-6)17-7(22)4-15/h5,9-10H,4H2,1-3H3,(H,18,23)(H,19,24)(H,16,17,22)/t9-,10-/m0/s1. The maximum absolute atomic E-state index is 12.5. The first-order valence-corrected chi connectivity index (χ1v) is 8.95. The molecule has 27 heavy (non-hydrogen) atoms. The molecule has 3 N–H and O–H groups in total. The van der Waals surface area contributed by atoms with Crippen LogP contribution < -0.4 is 16.0 Å². The minimum absolute atomic E-state index is 0.124. The number of halogens is 1. The molecular weight excluding hydrogens is 400 g/mol. The quantitative estimate of drug-likeness (QED) is 0.219. The van der Waals surface area contributed by atoms with E-state index in [0.29, 0.717) is 0 Å². The highest BCUT2D eigenvalue weighted by molar-refractivity contribution is 7.14. The van der Waals surface area contributed by atoms with E-state index >= 15 is 0 Å². The van der Waals surface area contributed by atoms with Gasteiger partial charge in [-0.3, -0.25) is 19.2 Å². The number of likely N-dealkylation sites (N-methyl/N-ethyl adjacent to an activating group) is 1. The van der Waals surface area contributed by atoms with Crippen molar-refractivity contribution in [3.63, 3.8) is 0 Å². The summed E-state index contributed by atoms with van der Waals surface area (Å²) in [5.41, 5.74) is -0.0877. The normalized spacial score (nSPS) is 18.8. The van der Waals surface area contributed by atoms with Gasteiger partial charge in [0.25, 0.3) is 5.91 Å². The number of amides is 4. The van der Waals surface area contributed by atoms with Gasteiger partial charge in [0.1, 0.15) is 30.8 Å². The van der Waals surface area contributed by atoms with Crippen molar-refractivity contribution in [2.24, 2.45) is 5.16 Å². The topological polar surface area (TPSA) is 142 Å². The summed E-state index contributed by atoms with van der Waals surface area (Å²) in [6.07, 6.45) is 0. The minimum Gasteiger partial charge on any atom is -0.398 e. The second kappa shape index (κ2) is 8.77. The van der Waals surface area contributed by atoms with Crippen LogP contribution >= 0.6 is 22.9 Å². The summed E-state index contributed by atoms with van der Waals surface area (Å²) in [6, 6.07) is -1.90. The van der Waals surface area contributed by atoms with Gasteiger partial charge in [-0.15, -0.1) is 22.9 Å². The number of hydrogen-bond donors (Lipinski definition) is 3. The van der Waals surface area contributed by atoms with Gasteiger partial charge in [-0.25, -0.2) is 4.98 Å². The van der Waals surface area contributed by atoms with Crippen LogP contribution in [0.4, 0.5) is 5.13 Å². The van der Waals surface area contributed by atoms with Crippen LogP contribution in [0.15, 0.2) is 10.5 Å². The molecule has 0 unspecified atom stereocenters. The lowest BCUT2D eigenvalue weighted by atomic mass is 9.97. The Morgan fingerprint density at radius 2 is 2.15 bits per heavy atom. The first-order valence-electron chi connectivity index (χ1n) is 7.53. The van der Waals surface area contributed by atoms with Crippen molar-refractivity contribution in [2.45, 2.75) is 12.1 Å². The lowest BCUT2D eigenvalue weighted by Crippen LogP contribution is -2.73. The average molecular weight is 417 g/mol. The number of nitrogens with zero attached hydrogens (tertiary/aromatic N) is 3.